The molecule has 1 amide bonds. The van der Waals surface area contributed by atoms with E-state index in [2.05, 4.69) is 35.5 Å². The zero-order valence-electron chi connectivity index (χ0n) is 20.6. The molecular formula is C27H24N10O. The molecule has 0 spiro atoms. The number of anilines is 1. The lowest BCUT2D eigenvalue weighted by Crippen LogP contribution is -2.20. The van der Waals surface area contributed by atoms with E-state index in [4.69, 9.17) is 9.97 Å². The molecule has 0 radical (unpaired) electrons. The highest BCUT2D eigenvalue weighted by Crippen LogP contribution is 2.30. The average Bonchev–Trinajstić information content (AvgIpc) is 3.74. The number of fused-ring (bicyclic) bond motifs is 2. The van der Waals surface area contributed by atoms with Crippen molar-refractivity contribution in [1.29, 1.82) is 0 Å². The normalized spacial score (nSPS) is 14.0. The Kier molecular flexibility index (Phi) is 5.20. The van der Waals surface area contributed by atoms with Crippen LogP contribution in [0.1, 0.15) is 31.4 Å². The number of nitrogens with zero attached hydrogens (tertiary/aromatic N) is 7. The third-order valence-electron chi connectivity index (χ3n) is 7.02. The van der Waals surface area contributed by atoms with Gasteiger partial charge in [-0.3, -0.25) is 19.9 Å². The maximum Gasteiger partial charge on any atom is 0.227 e. The lowest BCUT2D eigenvalue weighted by atomic mass is 10.1. The van der Waals surface area contributed by atoms with Crippen LogP contribution >= 0.6 is 0 Å². The van der Waals surface area contributed by atoms with Gasteiger partial charge in [0.25, 0.3) is 0 Å². The van der Waals surface area contributed by atoms with Crippen molar-refractivity contribution in [3.8, 4) is 28.5 Å². The van der Waals surface area contributed by atoms with Gasteiger partial charge in [0, 0.05) is 23.9 Å². The molecule has 0 atom stereocenters. The number of hydrogen-bond donors (Lipinski definition) is 3. The molecule has 0 unspecified atom stereocenters. The summed E-state index contributed by atoms with van der Waals surface area (Å²) in [4.78, 5) is 38.7. The van der Waals surface area contributed by atoms with Crippen molar-refractivity contribution in [2.75, 3.05) is 5.32 Å². The van der Waals surface area contributed by atoms with Gasteiger partial charge >= 0.3 is 0 Å². The molecule has 6 heterocycles. The summed E-state index contributed by atoms with van der Waals surface area (Å²) >= 11 is 0. The van der Waals surface area contributed by atoms with E-state index in [9.17, 15) is 4.79 Å². The summed E-state index contributed by atoms with van der Waals surface area (Å²) in [6, 6.07) is 5.74. The molecule has 0 aromatic carbocycles. The van der Waals surface area contributed by atoms with E-state index in [0.29, 0.717) is 22.7 Å². The predicted molar refractivity (Wildman–Crippen MR) is 142 cm³/mol. The topological polar surface area (TPSA) is 143 Å². The molecule has 3 N–H and O–H groups in total. The fraction of sp³-hybridized carbons (Fsp3) is 0.222. The molecule has 7 rings (SSSR count). The number of aromatic nitrogens is 9. The summed E-state index contributed by atoms with van der Waals surface area (Å²) in [5.74, 6) is 0.725. The van der Waals surface area contributed by atoms with Crippen molar-refractivity contribution in [2.24, 2.45) is 5.92 Å². The highest BCUT2D eigenvalue weighted by molar-refractivity contribution is 5.94. The van der Waals surface area contributed by atoms with Gasteiger partial charge in [0.05, 0.1) is 58.7 Å². The zero-order chi connectivity index (χ0) is 25.6. The third kappa shape index (κ3) is 3.88. The molecule has 0 bridgehead atoms. The van der Waals surface area contributed by atoms with Gasteiger partial charge in [-0.1, -0.05) is 12.8 Å². The van der Waals surface area contributed by atoms with Gasteiger partial charge < -0.3 is 14.9 Å². The molecule has 1 saturated carbocycles. The van der Waals surface area contributed by atoms with Crippen LogP contribution in [0, 0.1) is 12.8 Å². The monoisotopic (exact) mass is 504 g/mol. The van der Waals surface area contributed by atoms with Gasteiger partial charge in [-0.25, -0.2) is 15.0 Å². The minimum absolute atomic E-state index is 0.0616. The highest BCUT2D eigenvalue weighted by atomic mass is 16.1. The summed E-state index contributed by atoms with van der Waals surface area (Å²) in [5.41, 5.74) is 7.52. The fourth-order valence-corrected chi connectivity index (χ4v) is 5.08. The van der Waals surface area contributed by atoms with Crippen LogP contribution in [-0.2, 0) is 4.79 Å². The lowest BCUT2D eigenvalue weighted by Gasteiger charge is -2.11. The van der Waals surface area contributed by atoms with Crippen LogP contribution in [0.25, 0.3) is 50.5 Å². The Balaban J connectivity index is 1.24. The van der Waals surface area contributed by atoms with Crippen LogP contribution < -0.4 is 5.32 Å². The van der Waals surface area contributed by atoms with Gasteiger partial charge in [-0.2, -0.15) is 5.10 Å². The van der Waals surface area contributed by atoms with Crippen molar-refractivity contribution in [1.82, 2.24) is 44.7 Å². The first-order chi connectivity index (χ1) is 18.6. The van der Waals surface area contributed by atoms with Crippen molar-refractivity contribution in [3.63, 3.8) is 0 Å². The summed E-state index contributed by atoms with van der Waals surface area (Å²) < 4.78 is 1.90. The fourth-order valence-electron chi connectivity index (χ4n) is 5.08. The Morgan fingerprint density at radius 3 is 2.74 bits per heavy atom. The first-order valence-electron chi connectivity index (χ1n) is 12.6. The number of nitrogens with one attached hydrogen (secondary N) is 3. The maximum absolute atomic E-state index is 12.6. The Morgan fingerprint density at radius 1 is 1.03 bits per heavy atom. The SMILES string of the molecule is Cc1cn(-c2cncc3[nH]c(-c4n[nH]c5ccc(-c6cncc(NC(=O)C7CCCC7)c6)nc45)nc23)cn1. The van der Waals surface area contributed by atoms with E-state index in [1.165, 1.54) is 0 Å². The Labute approximate surface area is 216 Å². The average molecular weight is 505 g/mol. The maximum atomic E-state index is 12.6. The minimum Gasteiger partial charge on any atom is -0.335 e. The van der Waals surface area contributed by atoms with Gasteiger partial charge in [0.15, 0.2) is 11.5 Å². The number of aryl methyl sites for hydroxylation is 1. The van der Waals surface area contributed by atoms with E-state index in [1.54, 1.807) is 31.1 Å². The molecule has 38 heavy (non-hydrogen) atoms. The number of pyridine rings is 3. The van der Waals surface area contributed by atoms with Crippen LogP contribution in [0.15, 0.2) is 55.5 Å². The van der Waals surface area contributed by atoms with E-state index < -0.39 is 0 Å². The number of carbonyl (C=O) groups excluding carboxylic acids is 1. The standard InChI is InChI=1S/C27H24N10O/c1-15-13-37(14-30-15)22-12-29-11-21-23(22)34-26(33-21)25-24-20(35-36-25)7-6-19(32-24)17-8-18(10-28-9-17)31-27(38)16-4-2-3-5-16/h6-14,16H,2-5H2,1H3,(H,31,38)(H,33,34)(H,35,36). The second-order valence-electron chi connectivity index (χ2n) is 9.66. The molecule has 11 nitrogen and oxygen atoms in total. The molecule has 6 aromatic heterocycles. The molecule has 11 heteroatoms. The van der Waals surface area contributed by atoms with Gasteiger partial charge in [0.2, 0.25) is 5.91 Å². The van der Waals surface area contributed by atoms with Crippen molar-refractivity contribution < 1.29 is 4.79 Å². The van der Waals surface area contributed by atoms with Crippen LogP contribution in [0.3, 0.4) is 0 Å². The van der Waals surface area contributed by atoms with Crippen molar-refractivity contribution >= 4 is 33.7 Å². The molecule has 188 valence electrons. The molecular weight excluding hydrogens is 480 g/mol. The van der Waals surface area contributed by atoms with E-state index in [0.717, 1.165) is 64.9 Å². The van der Waals surface area contributed by atoms with Gasteiger partial charge in [-0.05, 0) is 38.0 Å². The minimum atomic E-state index is 0.0616. The van der Waals surface area contributed by atoms with Gasteiger partial charge in [0.1, 0.15) is 11.0 Å². The second-order valence-corrected chi connectivity index (χ2v) is 9.66. The van der Waals surface area contributed by atoms with Crippen molar-refractivity contribution in [3.05, 3.63) is 61.2 Å². The Morgan fingerprint density at radius 2 is 1.89 bits per heavy atom. The number of carbonyl (C=O) groups is 1. The van der Waals surface area contributed by atoms with E-state index in [-0.39, 0.29) is 11.8 Å². The second kappa shape index (κ2) is 8.87. The summed E-state index contributed by atoms with van der Waals surface area (Å²) in [6.45, 7) is 1.94. The van der Waals surface area contributed by atoms with E-state index >= 15 is 0 Å². The van der Waals surface area contributed by atoms with Crippen LogP contribution in [-0.4, -0.2) is 50.6 Å². The molecule has 0 aliphatic heterocycles. The number of rotatable bonds is 5. The zero-order valence-corrected chi connectivity index (χ0v) is 20.6. The number of H-pyrrole nitrogens is 2. The van der Waals surface area contributed by atoms with Gasteiger partial charge in [-0.15, -0.1) is 0 Å². The quantitative estimate of drug-likeness (QED) is 0.312. The largest absolute Gasteiger partial charge is 0.335 e. The van der Waals surface area contributed by atoms with Crippen LogP contribution in [0.4, 0.5) is 5.69 Å². The highest BCUT2D eigenvalue weighted by Gasteiger charge is 2.23. The molecule has 0 saturated heterocycles. The number of imidazole rings is 2. The first-order valence-corrected chi connectivity index (χ1v) is 12.6. The van der Waals surface area contributed by atoms with Crippen LogP contribution in [0.5, 0.6) is 0 Å². The number of amides is 1. The molecule has 1 aliphatic rings. The number of hydrogen-bond acceptors (Lipinski definition) is 7. The molecule has 1 aliphatic carbocycles. The van der Waals surface area contributed by atoms with E-state index in [1.807, 2.05) is 35.9 Å². The Bertz CT molecular complexity index is 1810. The third-order valence-corrected chi connectivity index (χ3v) is 7.02. The van der Waals surface area contributed by atoms with Crippen molar-refractivity contribution in [2.45, 2.75) is 32.6 Å². The summed E-state index contributed by atoms with van der Waals surface area (Å²) in [7, 11) is 0. The summed E-state index contributed by atoms with van der Waals surface area (Å²) in [6.07, 6.45) is 14.7. The Hall–Kier alpha value is -4.93. The first kappa shape index (κ1) is 22.3. The summed E-state index contributed by atoms with van der Waals surface area (Å²) in [5, 5.41) is 10.6. The lowest BCUT2D eigenvalue weighted by molar-refractivity contribution is -0.119. The smallest absolute Gasteiger partial charge is 0.227 e. The van der Waals surface area contributed by atoms with Crippen LogP contribution in [0.2, 0.25) is 0 Å². The molecule has 1 fully saturated rings. The number of aromatic amines is 2. The molecule has 6 aromatic rings. The predicted octanol–water partition coefficient (Wildman–Crippen LogP) is 4.58.